The summed E-state index contributed by atoms with van der Waals surface area (Å²) in [5, 5.41) is 5.45. The third-order valence-corrected chi connectivity index (χ3v) is 2.97. The SMILES string of the molecule is COC(=O)CCNc1c(OC)ccc2ccccc12. The summed E-state index contributed by atoms with van der Waals surface area (Å²) in [6, 6.07) is 12.0. The average molecular weight is 259 g/mol. The molecule has 0 atom stereocenters. The number of benzene rings is 2. The van der Waals surface area contributed by atoms with Crippen LogP contribution in [0, 0.1) is 0 Å². The molecule has 1 N–H and O–H groups in total. The number of methoxy groups -OCH3 is 2. The van der Waals surface area contributed by atoms with Crippen molar-refractivity contribution in [1.29, 1.82) is 0 Å². The van der Waals surface area contributed by atoms with Crippen molar-refractivity contribution in [2.75, 3.05) is 26.1 Å². The van der Waals surface area contributed by atoms with Crippen LogP contribution >= 0.6 is 0 Å². The van der Waals surface area contributed by atoms with Crippen molar-refractivity contribution >= 4 is 22.4 Å². The molecule has 0 aromatic heterocycles. The number of rotatable bonds is 5. The summed E-state index contributed by atoms with van der Waals surface area (Å²) >= 11 is 0. The number of esters is 1. The fraction of sp³-hybridized carbons (Fsp3) is 0.267. The second-order valence-electron chi connectivity index (χ2n) is 4.12. The van der Waals surface area contributed by atoms with Crippen LogP contribution in [0.2, 0.25) is 0 Å². The van der Waals surface area contributed by atoms with Gasteiger partial charge in [-0.3, -0.25) is 4.79 Å². The van der Waals surface area contributed by atoms with Crippen LogP contribution in [-0.4, -0.2) is 26.7 Å². The van der Waals surface area contributed by atoms with E-state index in [2.05, 4.69) is 10.1 Å². The van der Waals surface area contributed by atoms with Crippen molar-refractivity contribution in [1.82, 2.24) is 0 Å². The van der Waals surface area contributed by atoms with Crippen LogP contribution in [0.5, 0.6) is 5.75 Å². The van der Waals surface area contributed by atoms with Crippen LogP contribution in [0.15, 0.2) is 36.4 Å². The van der Waals surface area contributed by atoms with Crippen LogP contribution in [0.3, 0.4) is 0 Å². The van der Waals surface area contributed by atoms with E-state index < -0.39 is 0 Å². The molecule has 0 aliphatic rings. The van der Waals surface area contributed by atoms with Gasteiger partial charge in [-0.05, 0) is 11.5 Å². The van der Waals surface area contributed by atoms with Gasteiger partial charge in [-0.1, -0.05) is 30.3 Å². The molecule has 4 heteroatoms. The van der Waals surface area contributed by atoms with Crippen LogP contribution < -0.4 is 10.1 Å². The average Bonchev–Trinajstić information content (AvgIpc) is 2.47. The largest absolute Gasteiger partial charge is 0.495 e. The number of hydrogen-bond donors (Lipinski definition) is 1. The Labute approximate surface area is 112 Å². The number of hydrogen-bond acceptors (Lipinski definition) is 4. The quantitative estimate of drug-likeness (QED) is 0.839. The molecule has 0 bridgehead atoms. The third kappa shape index (κ3) is 2.96. The van der Waals surface area contributed by atoms with Gasteiger partial charge in [0.25, 0.3) is 0 Å². The molecule has 0 aliphatic carbocycles. The summed E-state index contributed by atoms with van der Waals surface area (Å²) in [7, 11) is 3.02. The first-order valence-corrected chi connectivity index (χ1v) is 6.12. The van der Waals surface area contributed by atoms with Gasteiger partial charge >= 0.3 is 5.97 Å². The molecule has 0 amide bonds. The van der Waals surface area contributed by atoms with Crippen LogP contribution in [0.1, 0.15) is 6.42 Å². The Morgan fingerprint density at radius 2 is 1.95 bits per heavy atom. The lowest BCUT2D eigenvalue weighted by Crippen LogP contribution is -2.10. The zero-order chi connectivity index (χ0) is 13.7. The Morgan fingerprint density at radius 3 is 2.68 bits per heavy atom. The molecule has 0 unspecified atom stereocenters. The normalized spacial score (nSPS) is 10.2. The minimum atomic E-state index is -0.230. The van der Waals surface area contributed by atoms with Crippen molar-refractivity contribution in [3.05, 3.63) is 36.4 Å². The maximum absolute atomic E-state index is 11.1. The first kappa shape index (κ1) is 13.2. The molecule has 0 heterocycles. The number of nitrogens with one attached hydrogen (secondary N) is 1. The van der Waals surface area contributed by atoms with Gasteiger partial charge in [-0.15, -0.1) is 0 Å². The highest BCUT2D eigenvalue weighted by Gasteiger charge is 2.08. The Bertz CT molecular complexity index is 581. The van der Waals surface area contributed by atoms with E-state index in [0.29, 0.717) is 13.0 Å². The Balaban J connectivity index is 2.26. The van der Waals surface area contributed by atoms with E-state index in [1.54, 1.807) is 7.11 Å². The molecule has 0 saturated heterocycles. The molecule has 19 heavy (non-hydrogen) atoms. The predicted molar refractivity (Wildman–Crippen MR) is 75.6 cm³/mol. The number of carbonyl (C=O) groups is 1. The minimum absolute atomic E-state index is 0.230. The first-order valence-electron chi connectivity index (χ1n) is 6.12. The lowest BCUT2D eigenvalue weighted by Gasteiger charge is -2.13. The molecule has 0 saturated carbocycles. The van der Waals surface area contributed by atoms with Gasteiger partial charge in [0.2, 0.25) is 0 Å². The van der Waals surface area contributed by atoms with Gasteiger partial charge in [0.15, 0.2) is 0 Å². The topological polar surface area (TPSA) is 47.6 Å². The summed E-state index contributed by atoms with van der Waals surface area (Å²) < 4.78 is 9.98. The summed E-state index contributed by atoms with van der Waals surface area (Å²) in [6.07, 6.45) is 0.322. The summed E-state index contributed by atoms with van der Waals surface area (Å²) in [4.78, 5) is 11.1. The highest BCUT2D eigenvalue weighted by atomic mass is 16.5. The molecule has 2 rings (SSSR count). The fourth-order valence-corrected chi connectivity index (χ4v) is 2.00. The zero-order valence-electron chi connectivity index (χ0n) is 11.1. The summed E-state index contributed by atoms with van der Waals surface area (Å²) in [6.45, 7) is 0.511. The monoisotopic (exact) mass is 259 g/mol. The number of anilines is 1. The van der Waals surface area contributed by atoms with Crippen molar-refractivity contribution in [3.63, 3.8) is 0 Å². The lowest BCUT2D eigenvalue weighted by atomic mass is 10.1. The summed E-state index contributed by atoms with van der Waals surface area (Å²) in [5.74, 6) is 0.537. The van der Waals surface area contributed by atoms with Crippen LogP contribution in [-0.2, 0) is 9.53 Å². The zero-order valence-corrected chi connectivity index (χ0v) is 11.1. The van der Waals surface area contributed by atoms with Crippen molar-refractivity contribution in [3.8, 4) is 5.75 Å². The molecular formula is C15H17NO3. The molecule has 100 valence electrons. The maximum Gasteiger partial charge on any atom is 0.307 e. The van der Waals surface area contributed by atoms with E-state index >= 15 is 0 Å². The van der Waals surface area contributed by atoms with Gasteiger partial charge in [-0.25, -0.2) is 0 Å². The molecule has 4 nitrogen and oxygen atoms in total. The number of fused-ring (bicyclic) bond motifs is 1. The Hall–Kier alpha value is -2.23. The Morgan fingerprint density at radius 1 is 1.16 bits per heavy atom. The van der Waals surface area contributed by atoms with Crippen LogP contribution in [0.25, 0.3) is 10.8 Å². The van der Waals surface area contributed by atoms with Gasteiger partial charge in [-0.2, -0.15) is 0 Å². The second kappa shape index (κ2) is 6.09. The number of ether oxygens (including phenoxy) is 2. The van der Waals surface area contributed by atoms with Gasteiger partial charge in [0.1, 0.15) is 5.75 Å². The lowest BCUT2D eigenvalue weighted by molar-refractivity contribution is -0.140. The second-order valence-corrected chi connectivity index (χ2v) is 4.12. The van der Waals surface area contributed by atoms with Crippen molar-refractivity contribution in [2.45, 2.75) is 6.42 Å². The highest BCUT2D eigenvalue weighted by Crippen LogP contribution is 2.32. The molecule has 0 fully saturated rings. The van der Waals surface area contributed by atoms with Gasteiger partial charge < -0.3 is 14.8 Å². The fourth-order valence-electron chi connectivity index (χ4n) is 2.00. The van der Waals surface area contributed by atoms with Crippen molar-refractivity contribution in [2.24, 2.45) is 0 Å². The van der Waals surface area contributed by atoms with Gasteiger partial charge in [0, 0.05) is 11.9 Å². The van der Waals surface area contributed by atoms with E-state index in [9.17, 15) is 4.79 Å². The standard InChI is InChI=1S/C15H17NO3/c1-18-13-8-7-11-5-3-4-6-12(11)15(13)16-10-9-14(17)19-2/h3-8,16H,9-10H2,1-2H3. The predicted octanol–water partition coefficient (Wildman–Crippen LogP) is 2.82. The molecule has 0 radical (unpaired) electrons. The molecule has 0 aliphatic heterocycles. The van der Waals surface area contributed by atoms with Crippen molar-refractivity contribution < 1.29 is 14.3 Å². The number of carbonyl (C=O) groups excluding carboxylic acids is 1. The van der Waals surface area contributed by atoms with E-state index in [1.807, 2.05) is 36.4 Å². The maximum atomic E-state index is 11.1. The molecular weight excluding hydrogens is 242 g/mol. The molecule has 2 aromatic carbocycles. The van der Waals surface area contributed by atoms with Gasteiger partial charge in [0.05, 0.1) is 26.3 Å². The van der Waals surface area contributed by atoms with E-state index in [0.717, 1.165) is 22.2 Å². The first-order chi connectivity index (χ1) is 9.26. The highest BCUT2D eigenvalue weighted by molar-refractivity contribution is 5.97. The third-order valence-electron chi connectivity index (χ3n) is 2.97. The minimum Gasteiger partial charge on any atom is -0.495 e. The Kier molecular flexibility index (Phi) is 4.23. The van der Waals surface area contributed by atoms with E-state index in [4.69, 9.17) is 4.74 Å². The van der Waals surface area contributed by atoms with Crippen LogP contribution in [0.4, 0.5) is 5.69 Å². The van der Waals surface area contributed by atoms with E-state index in [1.165, 1.54) is 7.11 Å². The molecule has 2 aromatic rings. The summed E-state index contributed by atoms with van der Waals surface area (Å²) in [5.41, 5.74) is 0.907. The van der Waals surface area contributed by atoms with E-state index in [-0.39, 0.29) is 5.97 Å². The smallest absolute Gasteiger partial charge is 0.307 e. The molecule has 0 spiro atoms.